The van der Waals surface area contributed by atoms with E-state index in [4.69, 9.17) is 9.47 Å². The summed E-state index contributed by atoms with van der Waals surface area (Å²) in [4.78, 5) is 26.6. The van der Waals surface area contributed by atoms with Crippen LogP contribution >= 0.6 is 11.3 Å². The predicted molar refractivity (Wildman–Crippen MR) is 79.5 cm³/mol. The van der Waals surface area contributed by atoms with Gasteiger partial charge in [0.05, 0.1) is 25.2 Å². The Hall–Kier alpha value is -1.92. The number of morpholine rings is 1. The molecular formula is C15H15NO4S. The summed E-state index contributed by atoms with van der Waals surface area (Å²) in [6.45, 7) is 1.01. The molecule has 1 aromatic heterocycles. The number of nitrogens with zero attached hydrogens (tertiary/aromatic N) is 1. The highest BCUT2D eigenvalue weighted by Crippen LogP contribution is 2.27. The second kappa shape index (κ2) is 5.83. The number of hydrogen-bond donors (Lipinski definition) is 0. The van der Waals surface area contributed by atoms with Gasteiger partial charge in [-0.15, -0.1) is 11.3 Å². The van der Waals surface area contributed by atoms with E-state index in [0.717, 1.165) is 10.1 Å². The van der Waals surface area contributed by atoms with Crippen LogP contribution in [0.1, 0.15) is 9.67 Å². The molecule has 2 heterocycles. The molecule has 1 aromatic carbocycles. The van der Waals surface area contributed by atoms with Crippen molar-refractivity contribution < 1.29 is 19.1 Å². The molecular weight excluding hydrogens is 290 g/mol. The van der Waals surface area contributed by atoms with Gasteiger partial charge in [0, 0.05) is 11.2 Å². The SMILES string of the molecule is COC(=O)C1COCCN1C(=O)c1cc2ccccc2s1. The van der Waals surface area contributed by atoms with Gasteiger partial charge in [-0.25, -0.2) is 4.79 Å². The number of thiophene rings is 1. The lowest BCUT2D eigenvalue weighted by Crippen LogP contribution is -2.52. The first-order chi connectivity index (χ1) is 10.2. The fourth-order valence-electron chi connectivity index (χ4n) is 2.41. The standard InChI is InChI=1S/C15H15NO4S/c1-19-15(18)11-9-20-7-6-16(11)14(17)13-8-10-4-2-3-5-12(10)21-13/h2-5,8,11H,6-7,9H2,1H3. The Morgan fingerprint density at radius 3 is 2.95 bits per heavy atom. The number of rotatable bonds is 2. The van der Waals surface area contributed by atoms with Crippen molar-refractivity contribution in [2.75, 3.05) is 26.9 Å². The summed E-state index contributed by atoms with van der Waals surface area (Å²) in [6, 6.07) is 9.04. The molecule has 1 saturated heterocycles. The molecule has 110 valence electrons. The van der Waals surface area contributed by atoms with Gasteiger partial charge in [-0.1, -0.05) is 18.2 Å². The predicted octanol–water partition coefficient (Wildman–Crippen LogP) is 1.92. The number of benzene rings is 1. The molecule has 1 aliphatic heterocycles. The molecule has 0 aliphatic carbocycles. The molecule has 1 amide bonds. The first-order valence-corrected chi connectivity index (χ1v) is 7.47. The molecule has 1 fully saturated rings. The zero-order valence-corrected chi connectivity index (χ0v) is 12.4. The molecule has 1 atom stereocenters. The van der Waals surface area contributed by atoms with E-state index >= 15 is 0 Å². The van der Waals surface area contributed by atoms with Gasteiger partial charge in [-0.2, -0.15) is 0 Å². The van der Waals surface area contributed by atoms with Gasteiger partial charge < -0.3 is 14.4 Å². The van der Waals surface area contributed by atoms with Crippen LogP contribution in [0, 0.1) is 0 Å². The Labute approximate surface area is 126 Å². The Morgan fingerprint density at radius 1 is 1.38 bits per heavy atom. The summed E-state index contributed by atoms with van der Waals surface area (Å²) in [5, 5.41) is 1.04. The van der Waals surface area contributed by atoms with Crippen molar-refractivity contribution in [3.05, 3.63) is 35.2 Å². The van der Waals surface area contributed by atoms with Crippen LogP contribution in [-0.4, -0.2) is 49.7 Å². The molecule has 0 spiro atoms. The third-order valence-electron chi connectivity index (χ3n) is 3.50. The van der Waals surface area contributed by atoms with Gasteiger partial charge in [0.25, 0.3) is 5.91 Å². The smallest absolute Gasteiger partial charge is 0.331 e. The zero-order valence-electron chi connectivity index (χ0n) is 11.6. The number of carbonyl (C=O) groups excluding carboxylic acids is 2. The fraction of sp³-hybridized carbons (Fsp3) is 0.333. The summed E-state index contributed by atoms with van der Waals surface area (Å²) < 4.78 is 11.1. The van der Waals surface area contributed by atoms with E-state index in [2.05, 4.69) is 0 Å². The minimum Gasteiger partial charge on any atom is -0.467 e. The quantitative estimate of drug-likeness (QED) is 0.795. The van der Waals surface area contributed by atoms with Crippen LogP contribution in [0.2, 0.25) is 0 Å². The third kappa shape index (κ3) is 2.64. The maximum atomic E-state index is 12.7. The number of ether oxygens (including phenoxy) is 2. The second-order valence-electron chi connectivity index (χ2n) is 4.76. The van der Waals surface area contributed by atoms with Gasteiger partial charge in [0.15, 0.2) is 6.04 Å². The van der Waals surface area contributed by atoms with Gasteiger partial charge in [0.2, 0.25) is 0 Å². The normalized spacial score (nSPS) is 18.7. The van der Waals surface area contributed by atoms with E-state index in [1.54, 1.807) is 4.90 Å². The van der Waals surface area contributed by atoms with E-state index in [1.807, 2.05) is 30.3 Å². The van der Waals surface area contributed by atoms with Crippen LogP contribution in [0.25, 0.3) is 10.1 Å². The molecule has 0 N–H and O–H groups in total. The Bertz CT molecular complexity index is 648. The molecule has 1 aliphatic rings. The highest BCUT2D eigenvalue weighted by atomic mass is 32.1. The van der Waals surface area contributed by atoms with Crippen molar-refractivity contribution in [3.8, 4) is 0 Å². The summed E-state index contributed by atoms with van der Waals surface area (Å²) in [5.41, 5.74) is 0. The highest BCUT2D eigenvalue weighted by molar-refractivity contribution is 7.20. The topological polar surface area (TPSA) is 55.8 Å². The Morgan fingerprint density at radius 2 is 2.19 bits per heavy atom. The molecule has 0 radical (unpaired) electrons. The van der Waals surface area contributed by atoms with Crippen LogP contribution in [0.15, 0.2) is 30.3 Å². The van der Waals surface area contributed by atoms with Gasteiger partial charge in [-0.3, -0.25) is 4.79 Å². The highest BCUT2D eigenvalue weighted by Gasteiger charge is 2.34. The lowest BCUT2D eigenvalue weighted by molar-refractivity contribution is -0.151. The molecule has 3 rings (SSSR count). The van der Waals surface area contributed by atoms with Crippen molar-refractivity contribution in [2.24, 2.45) is 0 Å². The van der Waals surface area contributed by atoms with E-state index in [9.17, 15) is 9.59 Å². The largest absolute Gasteiger partial charge is 0.467 e. The summed E-state index contributed by atoms with van der Waals surface area (Å²) in [7, 11) is 1.32. The van der Waals surface area contributed by atoms with Crippen molar-refractivity contribution >= 4 is 33.3 Å². The number of fused-ring (bicyclic) bond motifs is 1. The monoisotopic (exact) mass is 305 g/mol. The average molecular weight is 305 g/mol. The molecule has 0 saturated carbocycles. The van der Waals surface area contributed by atoms with Crippen molar-refractivity contribution in [2.45, 2.75) is 6.04 Å². The summed E-state index contributed by atoms with van der Waals surface area (Å²) >= 11 is 1.44. The Kier molecular flexibility index (Phi) is 3.90. The van der Waals surface area contributed by atoms with Gasteiger partial charge in [0.1, 0.15) is 0 Å². The first kappa shape index (κ1) is 14.0. The lowest BCUT2D eigenvalue weighted by atomic mass is 10.2. The molecule has 21 heavy (non-hydrogen) atoms. The number of hydrogen-bond acceptors (Lipinski definition) is 5. The second-order valence-corrected chi connectivity index (χ2v) is 5.84. The number of carbonyl (C=O) groups is 2. The van der Waals surface area contributed by atoms with Crippen LogP contribution < -0.4 is 0 Å². The molecule has 1 unspecified atom stereocenters. The third-order valence-corrected chi connectivity index (χ3v) is 4.60. The average Bonchev–Trinajstić information content (AvgIpc) is 2.97. The minimum absolute atomic E-state index is 0.144. The van der Waals surface area contributed by atoms with Gasteiger partial charge in [-0.05, 0) is 17.5 Å². The fourth-order valence-corrected chi connectivity index (χ4v) is 3.43. The van der Waals surface area contributed by atoms with E-state index in [-0.39, 0.29) is 12.5 Å². The van der Waals surface area contributed by atoms with Crippen LogP contribution in [-0.2, 0) is 14.3 Å². The number of amides is 1. The van der Waals surface area contributed by atoms with E-state index in [1.165, 1.54) is 18.4 Å². The van der Waals surface area contributed by atoms with Crippen molar-refractivity contribution in [1.82, 2.24) is 4.90 Å². The van der Waals surface area contributed by atoms with Crippen molar-refractivity contribution in [1.29, 1.82) is 0 Å². The molecule has 5 nitrogen and oxygen atoms in total. The maximum absolute atomic E-state index is 12.7. The molecule has 0 bridgehead atoms. The maximum Gasteiger partial charge on any atom is 0.331 e. The summed E-state index contributed by atoms with van der Waals surface area (Å²) in [6.07, 6.45) is 0. The van der Waals surface area contributed by atoms with Crippen LogP contribution in [0.3, 0.4) is 0 Å². The Balaban J connectivity index is 1.90. The number of methoxy groups -OCH3 is 1. The van der Waals surface area contributed by atoms with Crippen LogP contribution in [0.4, 0.5) is 0 Å². The van der Waals surface area contributed by atoms with Crippen molar-refractivity contribution in [3.63, 3.8) is 0 Å². The molecule has 6 heteroatoms. The number of esters is 1. The van der Waals surface area contributed by atoms with Gasteiger partial charge >= 0.3 is 5.97 Å². The minimum atomic E-state index is -0.665. The zero-order chi connectivity index (χ0) is 14.8. The van der Waals surface area contributed by atoms with E-state index < -0.39 is 12.0 Å². The van der Waals surface area contributed by atoms with E-state index in [0.29, 0.717) is 18.0 Å². The lowest BCUT2D eigenvalue weighted by Gasteiger charge is -2.33. The van der Waals surface area contributed by atoms with Crippen LogP contribution in [0.5, 0.6) is 0 Å². The first-order valence-electron chi connectivity index (χ1n) is 6.66. The molecule has 2 aromatic rings. The summed E-state index contributed by atoms with van der Waals surface area (Å²) in [5.74, 6) is -0.584.